The lowest BCUT2D eigenvalue weighted by molar-refractivity contribution is -0.132. The molecule has 7 nitrogen and oxygen atoms in total. The molecule has 38 heavy (non-hydrogen) atoms. The van der Waals surface area contributed by atoms with E-state index in [1.165, 1.54) is 7.11 Å². The molecule has 2 aliphatic rings. The number of nitrogens with zero attached hydrogens (tertiary/aromatic N) is 1. The molecule has 0 bridgehead atoms. The topological polar surface area (TPSA) is 85.3 Å². The minimum Gasteiger partial charge on any atom is -0.507 e. The Kier molecular flexibility index (Phi) is 6.52. The van der Waals surface area contributed by atoms with Crippen LogP contribution in [0.1, 0.15) is 36.6 Å². The molecule has 3 aromatic carbocycles. The van der Waals surface area contributed by atoms with Gasteiger partial charge in [-0.3, -0.25) is 14.5 Å². The number of carbonyl (C=O) groups is 2. The summed E-state index contributed by atoms with van der Waals surface area (Å²) in [7, 11) is 1.46. The number of aliphatic hydroxyl groups excluding tert-OH is 1. The predicted octanol–water partition coefficient (Wildman–Crippen LogP) is 5.32. The maximum absolute atomic E-state index is 15.0. The lowest BCUT2D eigenvalue weighted by Gasteiger charge is -2.26. The van der Waals surface area contributed by atoms with E-state index in [2.05, 4.69) is 0 Å². The van der Waals surface area contributed by atoms with Crippen molar-refractivity contribution in [1.82, 2.24) is 0 Å². The number of methoxy groups -OCH3 is 1. The van der Waals surface area contributed by atoms with E-state index in [1.54, 1.807) is 43.3 Å². The first-order valence-corrected chi connectivity index (χ1v) is 12.1. The summed E-state index contributed by atoms with van der Waals surface area (Å²) in [4.78, 5) is 27.6. The summed E-state index contributed by atoms with van der Waals surface area (Å²) in [6.45, 7) is 3.99. The second-order valence-electron chi connectivity index (χ2n) is 9.06. The van der Waals surface area contributed by atoms with Gasteiger partial charge in [0.2, 0.25) is 0 Å². The minimum atomic E-state index is -1.28. The number of amides is 1. The molecule has 0 spiro atoms. The number of halogens is 2. The van der Waals surface area contributed by atoms with Crippen LogP contribution in [0.2, 0.25) is 0 Å². The lowest BCUT2D eigenvalue weighted by Crippen LogP contribution is -2.30. The van der Waals surface area contributed by atoms with E-state index in [0.29, 0.717) is 41.4 Å². The van der Waals surface area contributed by atoms with Crippen molar-refractivity contribution in [3.05, 3.63) is 88.5 Å². The number of ether oxygens (including phenoxy) is 3. The molecule has 2 heterocycles. The number of Topliss-reactive ketones (excluding diaryl/α,β-unsaturated/α-hetero) is 1. The summed E-state index contributed by atoms with van der Waals surface area (Å²) >= 11 is 0. The third-order valence-corrected chi connectivity index (χ3v) is 6.58. The molecular formula is C29H25F2NO6. The Morgan fingerprint density at radius 2 is 1.87 bits per heavy atom. The summed E-state index contributed by atoms with van der Waals surface area (Å²) in [5.41, 5.74) is 0.769. The molecule has 1 fully saturated rings. The number of hydrogen-bond acceptors (Lipinski definition) is 6. The largest absolute Gasteiger partial charge is 0.507 e. The van der Waals surface area contributed by atoms with Crippen LogP contribution in [0.5, 0.6) is 17.2 Å². The second kappa shape index (κ2) is 9.81. The number of hydrogen-bond donors (Lipinski definition) is 1. The number of rotatable bonds is 6. The Labute approximate surface area is 217 Å². The molecule has 1 N–H and O–H groups in total. The quantitative estimate of drug-likeness (QED) is 0.269. The van der Waals surface area contributed by atoms with Gasteiger partial charge in [0, 0.05) is 18.1 Å². The predicted molar refractivity (Wildman–Crippen MR) is 136 cm³/mol. The first kappa shape index (κ1) is 25.3. The average molecular weight is 522 g/mol. The number of benzene rings is 3. The molecule has 1 amide bonds. The fourth-order valence-corrected chi connectivity index (χ4v) is 4.92. The van der Waals surface area contributed by atoms with Crippen molar-refractivity contribution in [2.75, 3.05) is 18.6 Å². The number of carbonyl (C=O) groups excluding carboxylic acids is 2. The highest BCUT2D eigenvalue weighted by Crippen LogP contribution is 2.45. The second-order valence-corrected chi connectivity index (χ2v) is 9.06. The van der Waals surface area contributed by atoms with Crippen LogP contribution in [-0.2, 0) is 16.0 Å². The molecule has 2 unspecified atom stereocenters. The molecule has 5 rings (SSSR count). The number of ketones is 1. The van der Waals surface area contributed by atoms with Crippen molar-refractivity contribution < 1.29 is 37.7 Å². The summed E-state index contributed by atoms with van der Waals surface area (Å²) in [5.74, 6) is -2.88. The standard InChI is InChI=1S/C29H25F2NO6/c1-4-37-24-13-16(5-10-23(24)36-3)26-25(27(33)17-6-9-22-18(12-17)11-15(2)38-22)28(34)29(35)32(26)21-14-19(30)7-8-20(21)31/h5-10,12-15,26,33H,4,11H2,1-3H3/b27-25+. The van der Waals surface area contributed by atoms with Gasteiger partial charge in [-0.15, -0.1) is 0 Å². The van der Waals surface area contributed by atoms with Gasteiger partial charge in [-0.05, 0) is 67.4 Å². The normalized spacial score (nSPS) is 19.9. The van der Waals surface area contributed by atoms with Crippen molar-refractivity contribution in [2.45, 2.75) is 32.4 Å². The van der Waals surface area contributed by atoms with Gasteiger partial charge >= 0.3 is 0 Å². The van der Waals surface area contributed by atoms with Gasteiger partial charge in [0.25, 0.3) is 11.7 Å². The van der Waals surface area contributed by atoms with E-state index in [1.807, 2.05) is 6.92 Å². The van der Waals surface area contributed by atoms with E-state index in [-0.39, 0.29) is 11.7 Å². The van der Waals surface area contributed by atoms with Crippen LogP contribution in [0, 0.1) is 11.6 Å². The molecular weight excluding hydrogens is 496 g/mol. The van der Waals surface area contributed by atoms with Crippen molar-refractivity contribution in [2.24, 2.45) is 0 Å². The van der Waals surface area contributed by atoms with Crippen LogP contribution in [0.25, 0.3) is 5.76 Å². The van der Waals surface area contributed by atoms with Gasteiger partial charge in [0.15, 0.2) is 11.5 Å². The Bertz CT molecular complexity index is 1480. The maximum Gasteiger partial charge on any atom is 0.300 e. The van der Waals surface area contributed by atoms with Gasteiger partial charge in [0.1, 0.15) is 29.2 Å². The van der Waals surface area contributed by atoms with Crippen LogP contribution < -0.4 is 19.1 Å². The van der Waals surface area contributed by atoms with Crippen molar-refractivity contribution in [3.63, 3.8) is 0 Å². The van der Waals surface area contributed by atoms with Gasteiger partial charge in [-0.2, -0.15) is 0 Å². The van der Waals surface area contributed by atoms with Crippen LogP contribution in [0.3, 0.4) is 0 Å². The van der Waals surface area contributed by atoms with Crippen molar-refractivity contribution in [3.8, 4) is 17.2 Å². The van der Waals surface area contributed by atoms with Crippen molar-refractivity contribution in [1.29, 1.82) is 0 Å². The number of anilines is 1. The summed E-state index contributed by atoms with van der Waals surface area (Å²) in [6, 6.07) is 11.0. The highest BCUT2D eigenvalue weighted by atomic mass is 19.1. The summed E-state index contributed by atoms with van der Waals surface area (Å²) in [5, 5.41) is 11.4. The van der Waals surface area contributed by atoms with Gasteiger partial charge in [-0.1, -0.05) is 6.07 Å². The Hall–Kier alpha value is -4.40. The Morgan fingerprint density at radius 1 is 1.08 bits per heavy atom. The van der Waals surface area contributed by atoms with Gasteiger partial charge in [0.05, 0.1) is 31.0 Å². The van der Waals surface area contributed by atoms with Crippen LogP contribution >= 0.6 is 0 Å². The zero-order chi connectivity index (χ0) is 27.1. The third-order valence-electron chi connectivity index (χ3n) is 6.58. The monoisotopic (exact) mass is 521 g/mol. The third kappa shape index (κ3) is 4.23. The van der Waals surface area contributed by atoms with Gasteiger partial charge < -0.3 is 19.3 Å². The molecule has 1 saturated heterocycles. The molecule has 0 saturated carbocycles. The fourth-order valence-electron chi connectivity index (χ4n) is 4.92. The average Bonchev–Trinajstić information content (AvgIpc) is 3.40. The fraction of sp³-hybridized carbons (Fsp3) is 0.241. The van der Waals surface area contributed by atoms with E-state index in [9.17, 15) is 23.5 Å². The smallest absolute Gasteiger partial charge is 0.300 e. The molecule has 0 aliphatic carbocycles. The zero-order valence-electron chi connectivity index (χ0n) is 21.0. The zero-order valence-corrected chi connectivity index (χ0v) is 21.0. The van der Waals surface area contributed by atoms with Crippen molar-refractivity contribution >= 4 is 23.1 Å². The molecule has 2 aliphatic heterocycles. The SMILES string of the molecule is CCOc1cc(C2/C(=C(\O)c3ccc4c(c3)CC(C)O4)C(=O)C(=O)N2c2cc(F)ccc2F)ccc1OC. The maximum atomic E-state index is 15.0. The molecule has 9 heteroatoms. The van der Waals surface area contributed by atoms with E-state index in [0.717, 1.165) is 28.7 Å². The number of fused-ring (bicyclic) bond motifs is 1. The van der Waals surface area contributed by atoms with Crippen LogP contribution in [0.4, 0.5) is 14.5 Å². The van der Waals surface area contributed by atoms with Crippen LogP contribution in [-0.4, -0.2) is 36.6 Å². The van der Waals surface area contributed by atoms with Gasteiger partial charge in [-0.25, -0.2) is 8.78 Å². The van der Waals surface area contributed by atoms with E-state index < -0.39 is 40.8 Å². The lowest BCUT2D eigenvalue weighted by atomic mass is 9.94. The number of aliphatic hydroxyl groups is 1. The molecule has 3 aromatic rings. The Morgan fingerprint density at radius 3 is 2.61 bits per heavy atom. The minimum absolute atomic E-state index is 0.0415. The highest BCUT2D eigenvalue weighted by Gasteiger charge is 2.48. The van der Waals surface area contributed by atoms with Crippen LogP contribution in [0.15, 0.2) is 60.2 Å². The molecule has 2 atom stereocenters. The molecule has 196 valence electrons. The summed E-state index contributed by atoms with van der Waals surface area (Å²) in [6.07, 6.45) is 0.569. The van der Waals surface area contributed by atoms with E-state index >= 15 is 0 Å². The first-order valence-electron chi connectivity index (χ1n) is 12.1. The molecule has 0 radical (unpaired) electrons. The highest BCUT2D eigenvalue weighted by molar-refractivity contribution is 6.51. The first-order chi connectivity index (χ1) is 18.2. The summed E-state index contributed by atoms with van der Waals surface area (Å²) < 4.78 is 45.9. The molecule has 0 aromatic heterocycles. The Balaban J connectivity index is 1.73. The van der Waals surface area contributed by atoms with E-state index in [4.69, 9.17) is 14.2 Å².